The number of nitro groups is 1. The summed E-state index contributed by atoms with van der Waals surface area (Å²) in [5.74, 6) is -0.137. The predicted molar refractivity (Wildman–Crippen MR) is 68.0 cm³/mol. The fourth-order valence-corrected chi connectivity index (χ4v) is 1.47. The van der Waals surface area contributed by atoms with Crippen molar-refractivity contribution in [3.8, 4) is 5.75 Å². The molecule has 0 amide bonds. The zero-order valence-electron chi connectivity index (χ0n) is 11.3. The van der Waals surface area contributed by atoms with Crippen molar-refractivity contribution < 1.29 is 27.6 Å². The first-order chi connectivity index (χ1) is 9.83. The summed E-state index contributed by atoms with van der Waals surface area (Å²) < 4.78 is 44.7. The largest absolute Gasteiger partial charge is 0.460 e. The minimum atomic E-state index is -4.47. The van der Waals surface area contributed by atoms with Crippen molar-refractivity contribution in [2.24, 2.45) is 0 Å². The van der Waals surface area contributed by atoms with Crippen LogP contribution in [0.25, 0.3) is 0 Å². The van der Waals surface area contributed by atoms with Crippen molar-refractivity contribution in [1.82, 2.24) is 5.32 Å². The third-order valence-corrected chi connectivity index (χ3v) is 2.36. The van der Waals surface area contributed by atoms with Gasteiger partial charge in [0.05, 0.1) is 4.92 Å². The first-order valence-electron chi connectivity index (χ1n) is 6.09. The van der Waals surface area contributed by atoms with Crippen LogP contribution >= 0.6 is 0 Å². The van der Waals surface area contributed by atoms with E-state index in [2.05, 4.69) is 10.1 Å². The standard InChI is InChI=1S/C12H15F3N2O4/c1-2-16-6-9-3-4-11(10(5-9)17(18)19)21-8-20-7-12(13,14)15/h3-5,16H,2,6-8H2,1H3. The monoisotopic (exact) mass is 308 g/mol. The first-order valence-corrected chi connectivity index (χ1v) is 6.09. The highest BCUT2D eigenvalue weighted by Crippen LogP contribution is 2.28. The van der Waals surface area contributed by atoms with Gasteiger partial charge in [-0.05, 0) is 18.2 Å². The van der Waals surface area contributed by atoms with Crippen LogP contribution < -0.4 is 10.1 Å². The molecule has 21 heavy (non-hydrogen) atoms. The molecule has 0 atom stereocenters. The average molecular weight is 308 g/mol. The Morgan fingerprint density at radius 2 is 2.10 bits per heavy atom. The van der Waals surface area contributed by atoms with Gasteiger partial charge >= 0.3 is 11.9 Å². The molecule has 0 aromatic heterocycles. The highest BCUT2D eigenvalue weighted by molar-refractivity contribution is 5.48. The number of hydrogen-bond donors (Lipinski definition) is 1. The number of benzene rings is 1. The van der Waals surface area contributed by atoms with Crippen molar-refractivity contribution in [2.45, 2.75) is 19.6 Å². The van der Waals surface area contributed by atoms with Crippen LogP contribution in [-0.4, -0.2) is 31.0 Å². The quantitative estimate of drug-likeness (QED) is 0.346. The minimum Gasteiger partial charge on any atom is -0.460 e. The van der Waals surface area contributed by atoms with Gasteiger partial charge in [0, 0.05) is 12.6 Å². The number of rotatable bonds is 8. The second-order valence-electron chi connectivity index (χ2n) is 4.07. The number of nitro benzene ring substituents is 1. The molecule has 0 aliphatic carbocycles. The van der Waals surface area contributed by atoms with Gasteiger partial charge in [-0.3, -0.25) is 10.1 Å². The van der Waals surface area contributed by atoms with Crippen LogP contribution in [0.4, 0.5) is 18.9 Å². The number of ether oxygens (including phenoxy) is 2. The molecule has 6 nitrogen and oxygen atoms in total. The average Bonchev–Trinajstić information content (AvgIpc) is 2.40. The molecule has 0 unspecified atom stereocenters. The highest BCUT2D eigenvalue weighted by atomic mass is 19.4. The molecule has 1 N–H and O–H groups in total. The van der Waals surface area contributed by atoms with Crippen LogP contribution in [0.15, 0.2) is 18.2 Å². The van der Waals surface area contributed by atoms with E-state index in [0.29, 0.717) is 18.7 Å². The molecule has 0 bridgehead atoms. The Balaban J connectivity index is 2.66. The molecule has 118 valence electrons. The Bertz CT molecular complexity index is 480. The van der Waals surface area contributed by atoms with E-state index in [9.17, 15) is 23.3 Å². The molecule has 0 aliphatic heterocycles. The normalized spacial score (nSPS) is 11.4. The smallest absolute Gasteiger partial charge is 0.411 e. The molecular weight excluding hydrogens is 293 g/mol. The van der Waals surface area contributed by atoms with Crippen molar-refractivity contribution in [3.63, 3.8) is 0 Å². The van der Waals surface area contributed by atoms with E-state index in [1.807, 2.05) is 6.92 Å². The molecule has 1 rings (SSSR count). The number of alkyl halides is 3. The summed E-state index contributed by atoms with van der Waals surface area (Å²) in [4.78, 5) is 10.3. The minimum absolute atomic E-state index is 0.137. The molecule has 0 saturated heterocycles. The van der Waals surface area contributed by atoms with E-state index in [-0.39, 0.29) is 11.4 Å². The molecule has 0 radical (unpaired) electrons. The van der Waals surface area contributed by atoms with Crippen molar-refractivity contribution >= 4 is 5.69 Å². The van der Waals surface area contributed by atoms with E-state index < -0.39 is 24.5 Å². The van der Waals surface area contributed by atoms with Gasteiger partial charge in [-0.1, -0.05) is 13.0 Å². The SMILES string of the molecule is CCNCc1ccc(OCOCC(F)(F)F)c([N+](=O)[O-])c1. The highest BCUT2D eigenvalue weighted by Gasteiger charge is 2.27. The maximum atomic E-state index is 11.9. The van der Waals surface area contributed by atoms with Crippen LogP contribution in [0, 0.1) is 10.1 Å². The van der Waals surface area contributed by atoms with E-state index in [1.54, 1.807) is 6.07 Å². The summed E-state index contributed by atoms with van der Waals surface area (Å²) >= 11 is 0. The molecule has 0 fully saturated rings. The topological polar surface area (TPSA) is 73.6 Å². The number of nitrogens with one attached hydrogen (secondary N) is 1. The van der Waals surface area contributed by atoms with Gasteiger partial charge in [0.2, 0.25) is 0 Å². The molecule has 1 aromatic carbocycles. The number of hydrogen-bond acceptors (Lipinski definition) is 5. The Labute approximate surface area is 119 Å². The Hall–Kier alpha value is -1.87. The van der Waals surface area contributed by atoms with Crippen molar-refractivity contribution in [3.05, 3.63) is 33.9 Å². The van der Waals surface area contributed by atoms with Gasteiger partial charge in [-0.25, -0.2) is 0 Å². The Morgan fingerprint density at radius 3 is 2.67 bits per heavy atom. The summed E-state index contributed by atoms with van der Waals surface area (Å²) in [6.45, 7) is 0.857. The van der Waals surface area contributed by atoms with Crippen LogP contribution in [0.1, 0.15) is 12.5 Å². The zero-order chi connectivity index (χ0) is 15.9. The maximum absolute atomic E-state index is 11.9. The van der Waals surface area contributed by atoms with Gasteiger partial charge in [0.15, 0.2) is 12.5 Å². The van der Waals surface area contributed by atoms with Crippen molar-refractivity contribution in [2.75, 3.05) is 19.9 Å². The Morgan fingerprint density at radius 1 is 1.38 bits per heavy atom. The zero-order valence-corrected chi connectivity index (χ0v) is 11.3. The molecule has 0 heterocycles. The van der Waals surface area contributed by atoms with Crippen LogP contribution in [0.3, 0.4) is 0 Å². The molecule has 0 aliphatic rings. The lowest BCUT2D eigenvalue weighted by molar-refractivity contribution is -0.386. The summed E-state index contributed by atoms with van der Waals surface area (Å²) in [7, 11) is 0. The lowest BCUT2D eigenvalue weighted by atomic mass is 10.2. The third-order valence-electron chi connectivity index (χ3n) is 2.36. The van der Waals surface area contributed by atoms with Gasteiger partial charge in [0.25, 0.3) is 0 Å². The van der Waals surface area contributed by atoms with Crippen molar-refractivity contribution in [1.29, 1.82) is 0 Å². The first kappa shape index (κ1) is 17.2. The van der Waals surface area contributed by atoms with E-state index in [1.165, 1.54) is 12.1 Å². The summed E-state index contributed by atoms with van der Waals surface area (Å²) in [6.07, 6.45) is -4.47. The fraction of sp³-hybridized carbons (Fsp3) is 0.500. The van der Waals surface area contributed by atoms with Gasteiger partial charge in [0.1, 0.15) is 6.61 Å². The predicted octanol–water partition coefficient (Wildman–Crippen LogP) is 2.62. The van der Waals surface area contributed by atoms with Gasteiger partial charge < -0.3 is 14.8 Å². The second kappa shape index (κ2) is 7.79. The van der Waals surface area contributed by atoms with Crippen LogP contribution in [0.5, 0.6) is 5.75 Å². The lowest BCUT2D eigenvalue weighted by Crippen LogP contribution is -2.19. The fourth-order valence-electron chi connectivity index (χ4n) is 1.47. The molecule has 0 spiro atoms. The molecular formula is C12H15F3N2O4. The molecule has 1 aromatic rings. The van der Waals surface area contributed by atoms with E-state index in [0.717, 1.165) is 0 Å². The summed E-state index contributed by atoms with van der Waals surface area (Å²) in [5.41, 5.74) is 0.355. The van der Waals surface area contributed by atoms with Crippen LogP contribution in [0.2, 0.25) is 0 Å². The molecule has 9 heteroatoms. The van der Waals surface area contributed by atoms with Crippen LogP contribution in [-0.2, 0) is 11.3 Å². The Kier molecular flexibility index (Phi) is 6.38. The van der Waals surface area contributed by atoms with Gasteiger partial charge in [-0.2, -0.15) is 13.2 Å². The molecule has 0 saturated carbocycles. The summed E-state index contributed by atoms with van der Waals surface area (Å²) in [5, 5.41) is 13.9. The third kappa shape index (κ3) is 6.41. The van der Waals surface area contributed by atoms with Gasteiger partial charge in [-0.15, -0.1) is 0 Å². The van der Waals surface area contributed by atoms with E-state index >= 15 is 0 Å². The second-order valence-corrected chi connectivity index (χ2v) is 4.07. The summed E-state index contributed by atoms with van der Waals surface area (Å²) in [6, 6.07) is 4.23. The maximum Gasteiger partial charge on any atom is 0.411 e. The lowest BCUT2D eigenvalue weighted by Gasteiger charge is -2.10. The van der Waals surface area contributed by atoms with E-state index in [4.69, 9.17) is 4.74 Å². The number of halogens is 3. The number of nitrogens with zero attached hydrogens (tertiary/aromatic N) is 1.